The van der Waals surface area contributed by atoms with Gasteiger partial charge in [-0.1, -0.05) is 31.5 Å². The molecular weight excluding hydrogens is 212 g/mol. The summed E-state index contributed by atoms with van der Waals surface area (Å²) in [5.74, 6) is 1.65. The molecule has 0 aliphatic carbocycles. The summed E-state index contributed by atoms with van der Waals surface area (Å²) in [4.78, 5) is 0. The van der Waals surface area contributed by atoms with Gasteiger partial charge in [0, 0.05) is 0 Å². The van der Waals surface area contributed by atoms with Gasteiger partial charge >= 0.3 is 0 Å². The van der Waals surface area contributed by atoms with E-state index >= 15 is 0 Å². The molecule has 0 amide bonds. The average Bonchev–Trinajstić information content (AvgIpc) is 2.25. The molecule has 0 radical (unpaired) electrons. The summed E-state index contributed by atoms with van der Waals surface area (Å²) in [6, 6.07) is 6.20. The van der Waals surface area contributed by atoms with Crippen LogP contribution in [0, 0.1) is 18.8 Å². The summed E-state index contributed by atoms with van der Waals surface area (Å²) in [6.45, 7) is 8.25. The van der Waals surface area contributed by atoms with E-state index in [2.05, 4.69) is 32.9 Å². The molecule has 0 aliphatic heterocycles. The second-order valence-corrected chi connectivity index (χ2v) is 5.17. The molecule has 0 aliphatic rings. The van der Waals surface area contributed by atoms with Gasteiger partial charge in [0.1, 0.15) is 5.75 Å². The van der Waals surface area contributed by atoms with Crippen molar-refractivity contribution in [2.75, 3.05) is 7.11 Å². The molecule has 17 heavy (non-hydrogen) atoms. The first-order valence-corrected chi connectivity index (χ1v) is 6.27. The van der Waals surface area contributed by atoms with Crippen molar-refractivity contribution in [3.8, 4) is 5.75 Å². The fourth-order valence-corrected chi connectivity index (χ4v) is 2.28. The van der Waals surface area contributed by atoms with Crippen molar-refractivity contribution in [2.24, 2.45) is 11.8 Å². The predicted octanol–water partition coefficient (Wildman–Crippen LogP) is 3.20. The Bertz CT molecular complexity index is 348. The Balaban J connectivity index is 2.95. The second kappa shape index (κ2) is 6.06. The highest BCUT2D eigenvalue weighted by atomic mass is 16.5. The zero-order valence-electron chi connectivity index (χ0n) is 11.5. The number of benzene rings is 1. The standard InChI is InChI=1S/C15H24O2/c1-10(2)14(12(4)16)9-13-8-11(3)6-7-15(13)17-5/h6-8,10,12,14,16H,9H2,1-5H3. The minimum absolute atomic E-state index is 0.269. The molecule has 2 unspecified atom stereocenters. The van der Waals surface area contributed by atoms with Crippen molar-refractivity contribution in [3.05, 3.63) is 29.3 Å². The Morgan fingerprint density at radius 3 is 2.35 bits per heavy atom. The lowest BCUT2D eigenvalue weighted by Gasteiger charge is -2.24. The third-order valence-corrected chi connectivity index (χ3v) is 3.37. The van der Waals surface area contributed by atoms with E-state index in [4.69, 9.17) is 4.74 Å². The smallest absolute Gasteiger partial charge is 0.122 e. The van der Waals surface area contributed by atoms with Gasteiger partial charge in [-0.05, 0) is 43.7 Å². The number of ether oxygens (including phenoxy) is 1. The van der Waals surface area contributed by atoms with Crippen LogP contribution in [0.15, 0.2) is 18.2 Å². The zero-order valence-corrected chi connectivity index (χ0v) is 11.5. The minimum atomic E-state index is -0.291. The number of aliphatic hydroxyl groups excluding tert-OH is 1. The molecule has 0 heterocycles. The van der Waals surface area contributed by atoms with Crippen LogP contribution in [0.1, 0.15) is 31.9 Å². The highest BCUT2D eigenvalue weighted by Crippen LogP contribution is 2.27. The van der Waals surface area contributed by atoms with Crippen LogP contribution >= 0.6 is 0 Å². The summed E-state index contributed by atoms with van der Waals surface area (Å²) in [7, 11) is 1.70. The lowest BCUT2D eigenvalue weighted by atomic mass is 9.85. The summed E-state index contributed by atoms with van der Waals surface area (Å²) >= 11 is 0. The van der Waals surface area contributed by atoms with Crippen LogP contribution in [-0.4, -0.2) is 18.3 Å². The molecule has 0 spiro atoms. The Labute approximate surface area is 105 Å². The van der Waals surface area contributed by atoms with Crippen molar-refractivity contribution < 1.29 is 9.84 Å². The Hall–Kier alpha value is -1.02. The van der Waals surface area contributed by atoms with E-state index in [1.165, 1.54) is 11.1 Å². The number of rotatable bonds is 5. The molecule has 0 bridgehead atoms. The Morgan fingerprint density at radius 2 is 1.88 bits per heavy atom. The molecule has 2 heteroatoms. The van der Waals surface area contributed by atoms with E-state index in [-0.39, 0.29) is 12.0 Å². The van der Waals surface area contributed by atoms with Gasteiger partial charge in [-0.15, -0.1) is 0 Å². The number of aryl methyl sites for hydroxylation is 1. The Morgan fingerprint density at radius 1 is 1.24 bits per heavy atom. The number of hydrogen-bond donors (Lipinski definition) is 1. The van der Waals surface area contributed by atoms with Crippen LogP contribution in [0.5, 0.6) is 5.75 Å². The van der Waals surface area contributed by atoms with Crippen molar-refractivity contribution >= 4 is 0 Å². The molecule has 2 nitrogen and oxygen atoms in total. The third-order valence-electron chi connectivity index (χ3n) is 3.37. The molecule has 1 N–H and O–H groups in total. The van der Waals surface area contributed by atoms with Gasteiger partial charge in [0.15, 0.2) is 0 Å². The molecule has 96 valence electrons. The first-order chi connectivity index (χ1) is 7.95. The molecule has 1 aromatic rings. The van der Waals surface area contributed by atoms with Crippen molar-refractivity contribution in [1.29, 1.82) is 0 Å². The summed E-state index contributed by atoms with van der Waals surface area (Å²) in [6.07, 6.45) is 0.570. The van der Waals surface area contributed by atoms with Crippen LogP contribution in [0.25, 0.3) is 0 Å². The first-order valence-electron chi connectivity index (χ1n) is 6.27. The topological polar surface area (TPSA) is 29.5 Å². The normalized spacial score (nSPS) is 14.8. The molecule has 0 saturated carbocycles. The van der Waals surface area contributed by atoms with E-state index in [0.717, 1.165) is 12.2 Å². The SMILES string of the molecule is COc1ccc(C)cc1CC(C(C)C)C(C)O. The van der Waals surface area contributed by atoms with Crippen LogP contribution in [0.3, 0.4) is 0 Å². The van der Waals surface area contributed by atoms with Crippen molar-refractivity contribution in [2.45, 2.75) is 40.2 Å². The average molecular weight is 236 g/mol. The molecule has 0 fully saturated rings. The van der Waals surface area contributed by atoms with Crippen LogP contribution in [0.2, 0.25) is 0 Å². The lowest BCUT2D eigenvalue weighted by molar-refractivity contribution is 0.0973. The highest BCUT2D eigenvalue weighted by molar-refractivity contribution is 5.37. The van der Waals surface area contributed by atoms with Crippen molar-refractivity contribution in [3.63, 3.8) is 0 Å². The van der Waals surface area contributed by atoms with E-state index in [1.807, 2.05) is 13.0 Å². The zero-order chi connectivity index (χ0) is 13.0. The van der Waals surface area contributed by atoms with E-state index in [9.17, 15) is 5.11 Å². The summed E-state index contributed by atoms with van der Waals surface area (Å²) in [5.41, 5.74) is 2.42. The molecule has 2 atom stereocenters. The van der Waals surface area contributed by atoms with E-state index in [1.54, 1.807) is 7.11 Å². The quantitative estimate of drug-likeness (QED) is 0.850. The summed E-state index contributed by atoms with van der Waals surface area (Å²) < 4.78 is 5.38. The number of methoxy groups -OCH3 is 1. The fourth-order valence-electron chi connectivity index (χ4n) is 2.28. The molecule has 1 aromatic carbocycles. The fraction of sp³-hybridized carbons (Fsp3) is 0.600. The first kappa shape index (κ1) is 14.0. The van der Waals surface area contributed by atoms with Gasteiger partial charge in [-0.25, -0.2) is 0 Å². The van der Waals surface area contributed by atoms with Crippen molar-refractivity contribution in [1.82, 2.24) is 0 Å². The number of aliphatic hydroxyl groups is 1. The Kier molecular flexibility index (Phi) is 5.01. The van der Waals surface area contributed by atoms with Gasteiger partial charge in [0.25, 0.3) is 0 Å². The van der Waals surface area contributed by atoms with Gasteiger partial charge < -0.3 is 9.84 Å². The lowest BCUT2D eigenvalue weighted by Crippen LogP contribution is -2.24. The van der Waals surface area contributed by atoms with Gasteiger partial charge in [0.05, 0.1) is 13.2 Å². The summed E-state index contributed by atoms with van der Waals surface area (Å²) in [5, 5.41) is 9.84. The molecule has 0 aromatic heterocycles. The van der Waals surface area contributed by atoms with Crippen LogP contribution in [-0.2, 0) is 6.42 Å². The monoisotopic (exact) mass is 236 g/mol. The predicted molar refractivity (Wildman–Crippen MR) is 71.4 cm³/mol. The van der Waals surface area contributed by atoms with Crippen LogP contribution < -0.4 is 4.74 Å². The van der Waals surface area contributed by atoms with Crippen LogP contribution in [0.4, 0.5) is 0 Å². The molecule has 1 rings (SSSR count). The molecule has 0 saturated heterocycles. The number of hydrogen-bond acceptors (Lipinski definition) is 2. The van der Waals surface area contributed by atoms with Gasteiger partial charge in [-0.2, -0.15) is 0 Å². The molecular formula is C15H24O2. The maximum Gasteiger partial charge on any atom is 0.122 e. The maximum absolute atomic E-state index is 9.84. The van der Waals surface area contributed by atoms with E-state index in [0.29, 0.717) is 5.92 Å². The van der Waals surface area contributed by atoms with E-state index < -0.39 is 0 Å². The highest BCUT2D eigenvalue weighted by Gasteiger charge is 2.21. The second-order valence-electron chi connectivity index (χ2n) is 5.17. The third kappa shape index (κ3) is 3.74. The largest absolute Gasteiger partial charge is 0.496 e. The minimum Gasteiger partial charge on any atom is -0.496 e. The van der Waals surface area contributed by atoms with Gasteiger partial charge in [0.2, 0.25) is 0 Å². The maximum atomic E-state index is 9.84. The van der Waals surface area contributed by atoms with Gasteiger partial charge in [-0.3, -0.25) is 0 Å².